The summed E-state index contributed by atoms with van der Waals surface area (Å²) >= 11 is 5.16. The predicted octanol–water partition coefficient (Wildman–Crippen LogP) is 3.59. The van der Waals surface area contributed by atoms with Gasteiger partial charge in [0.25, 0.3) is 0 Å². The molecular formula is C11H15OS. The van der Waals surface area contributed by atoms with Gasteiger partial charge in [-0.3, -0.25) is 0 Å². The molecule has 0 aliphatic rings. The molecule has 0 heterocycles. The molecule has 0 saturated heterocycles. The van der Waals surface area contributed by atoms with Crippen LogP contribution in [-0.4, -0.2) is 7.11 Å². The first-order chi connectivity index (χ1) is 6.27. The second-order valence-corrected chi connectivity index (χ2v) is 3.53. The molecule has 0 atom stereocenters. The van der Waals surface area contributed by atoms with Crippen LogP contribution in [-0.2, 0) is 6.42 Å². The van der Waals surface area contributed by atoms with E-state index in [2.05, 4.69) is 13.0 Å². The summed E-state index contributed by atoms with van der Waals surface area (Å²) in [5.41, 5.74) is 1.31. The van der Waals surface area contributed by atoms with Crippen LogP contribution in [0, 0.1) is 0 Å². The fraction of sp³-hybridized carbons (Fsp3) is 0.455. The Bertz CT molecular complexity index is 271. The average Bonchev–Trinajstić information content (AvgIpc) is 2.15. The lowest BCUT2D eigenvalue weighted by Gasteiger charge is -2.05. The summed E-state index contributed by atoms with van der Waals surface area (Å²) in [6, 6.07) is 6.07. The van der Waals surface area contributed by atoms with Gasteiger partial charge in [-0.05, 0) is 30.5 Å². The largest absolute Gasteiger partial charge is 0.495 e. The molecule has 0 saturated carbocycles. The van der Waals surface area contributed by atoms with E-state index in [9.17, 15) is 0 Å². The number of rotatable bonds is 4. The van der Waals surface area contributed by atoms with Gasteiger partial charge in [0.15, 0.2) is 0 Å². The fourth-order valence-corrected chi connectivity index (χ4v) is 1.56. The number of benzene rings is 1. The Morgan fingerprint density at radius 2 is 2.15 bits per heavy atom. The van der Waals surface area contributed by atoms with Crippen molar-refractivity contribution in [2.24, 2.45) is 0 Å². The van der Waals surface area contributed by atoms with Gasteiger partial charge in [-0.1, -0.05) is 32.0 Å². The molecule has 1 rings (SSSR count). The van der Waals surface area contributed by atoms with E-state index in [0.717, 1.165) is 17.1 Å². The first-order valence-electron chi connectivity index (χ1n) is 4.62. The van der Waals surface area contributed by atoms with Crippen molar-refractivity contribution < 1.29 is 4.74 Å². The Labute approximate surface area is 85.5 Å². The van der Waals surface area contributed by atoms with Crippen LogP contribution in [0.2, 0.25) is 0 Å². The van der Waals surface area contributed by atoms with E-state index >= 15 is 0 Å². The predicted molar refractivity (Wildman–Crippen MR) is 57.5 cm³/mol. The molecule has 2 heteroatoms. The van der Waals surface area contributed by atoms with Crippen LogP contribution >= 0.6 is 12.6 Å². The van der Waals surface area contributed by atoms with Crippen molar-refractivity contribution in [3.8, 4) is 5.75 Å². The average molecular weight is 195 g/mol. The molecule has 0 fully saturated rings. The van der Waals surface area contributed by atoms with Crippen LogP contribution in [0.4, 0.5) is 0 Å². The summed E-state index contributed by atoms with van der Waals surface area (Å²) in [7, 11) is 1.65. The third-order valence-corrected chi connectivity index (χ3v) is 2.37. The minimum atomic E-state index is 0.801. The normalized spacial score (nSPS) is 10.0. The molecule has 13 heavy (non-hydrogen) atoms. The molecule has 0 aliphatic carbocycles. The van der Waals surface area contributed by atoms with Crippen LogP contribution in [0.15, 0.2) is 23.1 Å². The van der Waals surface area contributed by atoms with Gasteiger partial charge >= 0.3 is 0 Å². The number of ether oxygens (including phenoxy) is 1. The molecular weight excluding hydrogens is 180 g/mol. The Morgan fingerprint density at radius 1 is 1.38 bits per heavy atom. The lowest BCUT2D eigenvalue weighted by atomic mass is 10.1. The number of methoxy groups -OCH3 is 1. The molecule has 71 valence electrons. The summed E-state index contributed by atoms with van der Waals surface area (Å²) in [6.07, 6.45) is 3.56. The molecule has 0 unspecified atom stereocenters. The van der Waals surface area contributed by atoms with Gasteiger partial charge in [0.2, 0.25) is 0 Å². The maximum absolute atomic E-state index is 5.16. The molecule has 0 spiro atoms. The SMILES string of the molecule is CCCCc1ccc(OC)c([S])c1. The first-order valence-corrected chi connectivity index (χ1v) is 5.02. The van der Waals surface area contributed by atoms with Crippen molar-refractivity contribution in [3.63, 3.8) is 0 Å². The van der Waals surface area contributed by atoms with E-state index in [1.807, 2.05) is 12.1 Å². The summed E-state index contributed by atoms with van der Waals surface area (Å²) in [6.45, 7) is 2.19. The van der Waals surface area contributed by atoms with Crippen LogP contribution in [0.3, 0.4) is 0 Å². The van der Waals surface area contributed by atoms with Crippen molar-refractivity contribution in [2.75, 3.05) is 7.11 Å². The van der Waals surface area contributed by atoms with Crippen molar-refractivity contribution in [1.82, 2.24) is 0 Å². The van der Waals surface area contributed by atoms with Crippen LogP contribution in [0.5, 0.6) is 5.75 Å². The summed E-state index contributed by atoms with van der Waals surface area (Å²) in [5, 5.41) is 0. The van der Waals surface area contributed by atoms with Crippen molar-refractivity contribution in [2.45, 2.75) is 31.1 Å². The second kappa shape index (κ2) is 5.07. The fourth-order valence-electron chi connectivity index (χ4n) is 1.26. The Morgan fingerprint density at radius 3 is 2.69 bits per heavy atom. The number of aryl methyl sites for hydroxylation is 1. The monoisotopic (exact) mass is 195 g/mol. The van der Waals surface area contributed by atoms with Gasteiger partial charge in [-0.25, -0.2) is 0 Å². The maximum Gasteiger partial charge on any atom is 0.136 e. The van der Waals surface area contributed by atoms with Crippen LogP contribution in [0.1, 0.15) is 25.3 Å². The Hall–Kier alpha value is -0.760. The zero-order valence-electron chi connectivity index (χ0n) is 8.17. The van der Waals surface area contributed by atoms with E-state index in [0.29, 0.717) is 0 Å². The van der Waals surface area contributed by atoms with Crippen molar-refractivity contribution >= 4 is 12.6 Å². The van der Waals surface area contributed by atoms with Gasteiger partial charge < -0.3 is 4.74 Å². The maximum atomic E-state index is 5.16. The standard InChI is InChI=1S/C11H15OS/c1-3-4-5-9-6-7-10(12-2)11(13)8-9/h6-8H,3-5H2,1-2H3. The minimum Gasteiger partial charge on any atom is -0.495 e. The highest BCUT2D eigenvalue weighted by atomic mass is 32.1. The van der Waals surface area contributed by atoms with E-state index in [1.165, 1.54) is 18.4 Å². The molecule has 1 nitrogen and oxygen atoms in total. The third kappa shape index (κ3) is 2.88. The van der Waals surface area contributed by atoms with Gasteiger partial charge in [0.1, 0.15) is 5.75 Å². The molecule has 0 bridgehead atoms. The highest BCUT2D eigenvalue weighted by Gasteiger charge is 2.00. The summed E-state index contributed by atoms with van der Waals surface area (Å²) < 4.78 is 5.10. The van der Waals surface area contributed by atoms with Crippen molar-refractivity contribution in [3.05, 3.63) is 23.8 Å². The van der Waals surface area contributed by atoms with Gasteiger partial charge in [0, 0.05) is 0 Å². The number of hydrogen-bond acceptors (Lipinski definition) is 1. The van der Waals surface area contributed by atoms with E-state index in [1.54, 1.807) is 7.11 Å². The first kappa shape index (κ1) is 10.3. The zero-order valence-corrected chi connectivity index (χ0v) is 8.99. The molecule has 0 N–H and O–H groups in total. The number of unbranched alkanes of at least 4 members (excludes halogenated alkanes) is 1. The zero-order chi connectivity index (χ0) is 9.68. The molecule has 0 amide bonds. The van der Waals surface area contributed by atoms with E-state index < -0.39 is 0 Å². The molecule has 1 radical (unpaired) electrons. The smallest absolute Gasteiger partial charge is 0.136 e. The molecule has 0 aliphatic heterocycles. The second-order valence-electron chi connectivity index (χ2n) is 3.09. The number of hydrogen-bond donors (Lipinski definition) is 0. The van der Waals surface area contributed by atoms with E-state index in [4.69, 9.17) is 17.4 Å². The quantitative estimate of drug-likeness (QED) is 0.713. The molecule has 1 aromatic rings. The van der Waals surface area contributed by atoms with Crippen LogP contribution < -0.4 is 4.74 Å². The van der Waals surface area contributed by atoms with Gasteiger partial charge in [0.05, 0.1) is 12.0 Å². The molecule has 1 aromatic carbocycles. The third-order valence-electron chi connectivity index (χ3n) is 2.05. The van der Waals surface area contributed by atoms with Gasteiger partial charge in [-0.15, -0.1) is 0 Å². The Balaban J connectivity index is 2.71. The Kier molecular flexibility index (Phi) is 4.03. The highest BCUT2D eigenvalue weighted by molar-refractivity contribution is 7.80. The lowest BCUT2D eigenvalue weighted by molar-refractivity contribution is 0.405. The minimum absolute atomic E-state index is 0.801. The lowest BCUT2D eigenvalue weighted by Crippen LogP contribution is -1.88. The topological polar surface area (TPSA) is 9.23 Å². The van der Waals surface area contributed by atoms with Crippen molar-refractivity contribution in [1.29, 1.82) is 0 Å². The highest BCUT2D eigenvalue weighted by Crippen LogP contribution is 2.23. The molecule has 0 aromatic heterocycles. The van der Waals surface area contributed by atoms with Gasteiger partial charge in [-0.2, -0.15) is 0 Å². The van der Waals surface area contributed by atoms with E-state index in [-0.39, 0.29) is 0 Å². The summed E-state index contributed by atoms with van der Waals surface area (Å²) in [5.74, 6) is 0.801. The summed E-state index contributed by atoms with van der Waals surface area (Å²) in [4.78, 5) is 0.816. The van der Waals surface area contributed by atoms with Crippen LogP contribution in [0.25, 0.3) is 0 Å².